The second-order valence-corrected chi connectivity index (χ2v) is 8.97. The van der Waals surface area contributed by atoms with Gasteiger partial charge in [0.2, 0.25) is 10.0 Å². The number of nitrogens with one attached hydrogen (secondary N) is 2. The normalized spacial score (nSPS) is 11.8. The molecule has 25 heavy (non-hydrogen) atoms. The Morgan fingerprint density at radius 1 is 1.28 bits per heavy atom. The lowest BCUT2D eigenvalue weighted by molar-refractivity contribution is 0.0527. The van der Waals surface area contributed by atoms with E-state index in [0.717, 1.165) is 0 Å². The quantitative estimate of drug-likeness (QED) is 0.250. The Hall–Kier alpha value is -1.31. The molecule has 1 rings (SSSR count). The van der Waals surface area contributed by atoms with Crippen molar-refractivity contribution in [2.24, 2.45) is 0 Å². The van der Waals surface area contributed by atoms with Gasteiger partial charge in [-0.25, -0.2) is 21.0 Å². The molecule has 11 heteroatoms. The molecule has 0 unspecified atom stereocenters. The van der Waals surface area contributed by atoms with Crippen molar-refractivity contribution in [2.75, 3.05) is 16.4 Å². The van der Waals surface area contributed by atoms with Crippen molar-refractivity contribution in [3.8, 4) is 0 Å². The van der Waals surface area contributed by atoms with Crippen LogP contribution in [0.25, 0.3) is 0 Å². The molecule has 0 saturated heterocycles. The molecule has 0 aromatic heterocycles. The summed E-state index contributed by atoms with van der Waals surface area (Å²) in [5, 5.41) is 14.1. The van der Waals surface area contributed by atoms with Crippen LogP contribution in [-0.2, 0) is 17.8 Å². The number of hydrogen-bond acceptors (Lipinski definition) is 6. The van der Waals surface area contributed by atoms with Gasteiger partial charge in [-0.1, -0.05) is 12.1 Å². The second kappa shape index (κ2) is 9.40. The molecule has 0 bridgehead atoms. The second-order valence-electron chi connectivity index (χ2n) is 5.96. The van der Waals surface area contributed by atoms with Crippen LogP contribution in [0.1, 0.15) is 27.2 Å². The van der Waals surface area contributed by atoms with E-state index in [0.29, 0.717) is 6.42 Å². The number of halogens is 1. The molecule has 0 saturated carbocycles. The standard InChI is InChI=1S/C14H21IN3O6S/c1-14(2,3)24-13(19)16-9-6-10-17-25(22,23)12-8-5-4-7-11(12)18(21)15-20/h4-5,7-8,17H,6,9-10H2,1-3H3,(H,16,19)/q-1. The summed E-state index contributed by atoms with van der Waals surface area (Å²) in [6.45, 7) is 5.49. The summed E-state index contributed by atoms with van der Waals surface area (Å²) in [4.78, 5) is 11.2. The van der Waals surface area contributed by atoms with Crippen LogP contribution in [0, 0.1) is 5.21 Å². The van der Waals surface area contributed by atoms with Crippen molar-refractivity contribution in [3.63, 3.8) is 0 Å². The average molecular weight is 486 g/mol. The van der Waals surface area contributed by atoms with E-state index in [-0.39, 0.29) is 26.9 Å². The lowest BCUT2D eigenvalue weighted by atomic mass is 10.2. The van der Waals surface area contributed by atoms with Crippen LogP contribution >= 0.6 is 21.5 Å². The van der Waals surface area contributed by atoms with Crippen LogP contribution < -0.4 is 13.3 Å². The Balaban J connectivity index is 2.55. The molecule has 9 nitrogen and oxygen atoms in total. The summed E-state index contributed by atoms with van der Waals surface area (Å²) in [6, 6.07) is 5.52. The van der Waals surface area contributed by atoms with Gasteiger partial charge in [0.25, 0.3) is 21.5 Å². The van der Waals surface area contributed by atoms with Crippen LogP contribution in [0.2, 0.25) is 0 Å². The Morgan fingerprint density at radius 2 is 1.92 bits per heavy atom. The van der Waals surface area contributed by atoms with Crippen LogP contribution in [-0.4, -0.2) is 33.2 Å². The number of amides is 1. The summed E-state index contributed by atoms with van der Waals surface area (Å²) >= 11 is -2.06. The van der Waals surface area contributed by atoms with Gasteiger partial charge in [-0.2, -0.15) is 0 Å². The molecule has 2 N–H and O–H groups in total. The molecule has 0 spiro atoms. The third-order valence-corrected chi connectivity index (χ3v) is 5.11. The summed E-state index contributed by atoms with van der Waals surface area (Å²) in [5.74, 6) is 0. The Kier molecular flexibility index (Phi) is 8.18. The monoisotopic (exact) mass is 486 g/mol. The SMILES string of the molecule is CC(C)(C)OC(=O)NCCCNS(=O)(=O)c1ccccc1N([O-])I=O. The zero-order valence-corrected chi connectivity index (χ0v) is 17.1. The number of carbonyl (C=O) groups excluding carboxylic acids is 1. The van der Waals surface area contributed by atoms with Crippen LogP contribution in [0.5, 0.6) is 0 Å². The maximum Gasteiger partial charge on any atom is 0.407 e. The van der Waals surface area contributed by atoms with Crippen molar-refractivity contribution in [1.29, 1.82) is 0 Å². The van der Waals surface area contributed by atoms with E-state index >= 15 is 0 Å². The highest BCUT2D eigenvalue weighted by Gasteiger charge is 2.19. The van der Waals surface area contributed by atoms with Crippen molar-refractivity contribution >= 4 is 43.3 Å². The van der Waals surface area contributed by atoms with Gasteiger partial charge < -0.3 is 18.5 Å². The largest absolute Gasteiger partial charge is 0.748 e. The Labute approximate surface area is 157 Å². The molecule has 1 amide bonds. The Morgan fingerprint density at radius 3 is 2.52 bits per heavy atom. The maximum absolute atomic E-state index is 12.3. The molecule has 0 atom stereocenters. The molecule has 0 heterocycles. The minimum atomic E-state index is -3.93. The minimum absolute atomic E-state index is 0.0533. The summed E-state index contributed by atoms with van der Waals surface area (Å²) in [5.41, 5.74) is -0.770. The van der Waals surface area contributed by atoms with Gasteiger partial charge in [0.05, 0.1) is 5.69 Å². The molecule has 0 aliphatic rings. The van der Waals surface area contributed by atoms with E-state index in [9.17, 15) is 21.5 Å². The predicted molar refractivity (Wildman–Crippen MR) is 101 cm³/mol. The van der Waals surface area contributed by atoms with Gasteiger partial charge in [-0.3, -0.25) is 0 Å². The van der Waals surface area contributed by atoms with Crippen LogP contribution in [0.4, 0.5) is 10.5 Å². The topological polar surface area (TPSA) is 128 Å². The smallest absolute Gasteiger partial charge is 0.407 e. The predicted octanol–water partition coefficient (Wildman–Crippen LogP) is 2.42. The first kappa shape index (κ1) is 21.7. The zero-order chi connectivity index (χ0) is 19.1. The van der Waals surface area contributed by atoms with E-state index in [1.165, 1.54) is 24.3 Å². The van der Waals surface area contributed by atoms with Crippen molar-refractivity contribution in [2.45, 2.75) is 37.7 Å². The fraction of sp³-hybridized carbons (Fsp3) is 0.500. The zero-order valence-electron chi connectivity index (χ0n) is 14.1. The number of para-hydroxylation sites is 1. The van der Waals surface area contributed by atoms with E-state index in [4.69, 9.17) is 4.74 Å². The summed E-state index contributed by atoms with van der Waals surface area (Å²) < 4.78 is 43.0. The van der Waals surface area contributed by atoms with Gasteiger partial charge in [-0.05, 0) is 39.3 Å². The molecule has 0 radical (unpaired) electrons. The van der Waals surface area contributed by atoms with Crippen molar-refractivity contribution in [1.82, 2.24) is 10.0 Å². The fourth-order valence-electron chi connectivity index (χ4n) is 1.74. The lowest BCUT2D eigenvalue weighted by Gasteiger charge is -2.23. The first-order valence-corrected chi connectivity index (χ1v) is 10.7. The molecule has 0 aliphatic carbocycles. The van der Waals surface area contributed by atoms with E-state index in [1.54, 1.807) is 20.8 Å². The summed E-state index contributed by atoms with van der Waals surface area (Å²) in [7, 11) is -3.93. The molecular weight excluding hydrogens is 465 g/mol. The fourth-order valence-corrected chi connectivity index (χ4v) is 3.79. The number of carbonyl (C=O) groups is 1. The number of anilines is 1. The minimum Gasteiger partial charge on any atom is -0.748 e. The highest BCUT2D eigenvalue weighted by molar-refractivity contribution is 14.1. The van der Waals surface area contributed by atoms with Gasteiger partial charge in [-0.15, -0.1) is 0 Å². The number of nitrogens with zero attached hydrogens (tertiary/aromatic N) is 1. The number of ether oxygens (including phenoxy) is 1. The molecule has 0 aliphatic heterocycles. The van der Waals surface area contributed by atoms with Gasteiger partial charge in [0.15, 0.2) is 0 Å². The number of alkyl carbamates (subject to hydrolysis) is 1. The van der Waals surface area contributed by atoms with Gasteiger partial charge >= 0.3 is 6.09 Å². The lowest BCUT2D eigenvalue weighted by Crippen LogP contribution is -2.34. The van der Waals surface area contributed by atoms with E-state index < -0.39 is 43.2 Å². The van der Waals surface area contributed by atoms with Gasteiger partial charge in [0, 0.05) is 13.1 Å². The van der Waals surface area contributed by atoms with Crippen LogP contribution in [0.3, 0.4) is 0 Å². The molecule has 1 aromatic rings. The van der Waals surface area contributed by atoms with E-state index in [1.807, 2.05) is 0 Å². The Bertz CT molecular complexity index is 705. The van der Waals surface area contributed by atoms with Gasteiger partial charge in [0.1, 0.15) is 10.5 Å². The molecular formula is C14H21IN3O6S-. The first-order valence-electron chi connectivity index (χ1n) is 7.37. The number of rotatable bonds is 8. The highest BCUT2D eigenvalue weighted by Crippen LogP contribution is 2.28. The van der Waals surface area contributed by atoms with Crippen molar-refractivity contribution < 1.29 is 21.0 Å². The average Bonchev–Trinajstić information content (AvgIpc) is 2.52. The van der Waals surface area contributed by atoms with Crippen molar-refractivity contribution in [3.05, 3.63) is 29.5 Å². The third kappa shape index (κ3) is 7.63. The molecule has 0 fully saturated rings. The number of hydrogen-bond donors (Lipinski definition) is 2. The van der Waals surface area contributed by atoms with Crippen LogP contribution in [0.15, 0.2) is 29.2 Å². The number of benzene rings is 1. The maximum atomic E-state index is 12.3. The highest BCUT2D eigenvalue weighted by atomic mass is 127. The molecule has 1 aromatic carbocycles. The first-order chi connectivity index (χ1) is 11.6. The molecule has 142 valence electrons. The summed E-state index contributed by atoms with van der Waals surface area (Å²) in [6.07, 6.45) is -0.252. The van der Waals surface area contributed by atoms with E-state index in [2.05, 4.69) is 10.0 Å². The number of sulfonamides is 1. The third-order valence-electron chi connectivity index (χ3n) is 2.72.